The maximum absolute atomic E-state index is 11.9. The Morgan fingerprint density at radius 3 is 2.95 bits per heavy atom. The Morgan fingerprint density at radius 2 is 2.19 bits per heavy atom. The summed E-state index contributed by atoms with van der Waals surface area (Å²) >= 11 is 3.16. The molecule has 7 heteroatoms. The fourth-order valence-electron chi connectivity index (χ4n) is 1.95. The van der Waals surface area contributed by atoms with Crippen molar-refractivity contribution in [3.8, 4) is 0 Å². The molecular formula is C14H14N4OS2. The van der Waals surface area contributed by atoms with E-state index < -0.39 is 0 Å². The molecule has 0 aliphatic heterocycles. The van der Waals surface area contributed by atoms with Gasteiger partial charge in [-0.25, -0.2) is 14.8 Å². The molecule has 2 N–H and O–H groups in total. The Bertz CT molecular complexity index is 793. The van der Waals surface area contributed by atoms with Crippen molar-refractivity contribution in [3.05, 3.63) is 39.3 Å². The van der Waals surface area contributed by atoms with E-state index in [0.717, 1.165) is 31.5 Å². The monoisotopic (exact) mass is 318 g/mol. The molecule has 108 valence electrons. The minimum Gasteiger partial charge on any atom is -0.333 e. The van der Waals surface area contributed by atoms with Crippen LogP contribution in [-0.2, 0) is 6.54 Å². The van der Waals surface area contributed by atoms with Gasteiger partial charge < -0.3 is 10.6 Å². The van der Waals surface area contributed by atoms with Crippen LogP contribution in [-0.4, -0.2) is 16.0 Å². The molecule has 1 aromatic carbocycles. The van der Waals surface area contributed by atoms with Gasteiger partial charge in [0.2, 0.25) is 0 Å². The van der Waals surface area contributed by atoms with Crippen molar-refractivity contribution < 1.29 is 4.79 Å². The molecule has 0 saturated carbocycles. The first-order chi connectivity index (χ1) is 10.1. The molecule has 0 unspecified atom stereocenters. The van der Waals surface area contributed by atoms with E-state index in [1.54, 1.807) is 28.2 Å². The van der Waals surface area contributed by atoms with E-state index in [-0.39, 0.29) is 6.03 Å². The van der Waals surface area contributed by atoms with Crippen LogP contribution < -0.4 is 10.6 Å². The third-order valence-corrected chi connectivity index (χ3v) is 4.88. The van der Waals surface area contributed by atoms with E-state index in [1.807, 2.05) is 32.0 Å². The van der Waals surface area contributed by atoms with Crippen LogP contribution in [0.4, 0.5) is 10.5 Å². The zero-order valence-corrected chi connectivity index (χ0v) is 13.3. The molecule has 0 aliphatic carbocycles. The number of amides is 2. The van der Waals surface area contributed by atoms with Gasteiger partial charge in [-0.3, -0.25) is 0 Å². The molecule has 2 amide bonds. The molecule has 0 radical (unpaired) electrons. The third kappa shape index (κ3) is 3.20. The second kappa shape index (κ2) is 5.79. The number of thiazole rings is 2. The van der Waals surface area contributed by atoms with Crippen molar-refractivity contribution in [3.63, 3.8) is 0 Å². The number of nitrogens with one attached hydrogen (secondary N) is 2. The summed E-state index contributed by atoms with van der Waals surface area (Å²) in [6.45, 7) is 4.40. The number of rotatable bonds is 3. The van der Waals surface area contributed by atoms with Gasteiger partial charge in [-0.2, -0.15) is 0 Å². The van der Waals surface area contributed by atoms with Crippen LogP contribution in [0.25, 0.3) is 10.2 Å². The van der Waals surface area contributed by atoms with Gasteiger partial charge in [0.1, 0.15) is 0 Å². The molecule has 0 bridgehead atoms. The highest BCUT2D eigenvalue weighted by Crippen LogP contribution is 2.24. The first kappa shape index (κ1) is 14.0. The van der Waals surface area contributed by atoms with Crippen molar-refractivity contribution in [2.75, 3.05) is 5.32 Å². The maximum Gasteiger partial charge on any atom is 0.319 e. The molecular weight excluding hydrogens is 304 g/mol. The number of aryl methyl sites for hydroxylation is 2. The number of fused-ring (bicyclic) bond motifs is 1. The lowest BCUT2D eigenvalue weighted by molar-refractivity contribution is 0.252. The SMILES string of the molecule is Cc1nc2ccc(NC(=O)NCc3scnc3C)cc2s1. The Labute approximate surface area is 130 Å². The maximum atomic E-state index is 11.9. The standard InChI is InChI=1S/C14H14N4OS2/c1-8-13(20-7-16-8)6-15-14(19)18-10-3-4-11-12(5-10)21-9(2)17-11/h3-5,7H,6H2,1-2H3,(H2,15,18,19). The van der Waals surface area contributed by atoms with E-state index >= 15 is 0 Å². The number of urea groups is 1. The number of benzene rings is 1. The Kier molecular flexibility index (Phi) is 3.85. The predicted octanol–water partition coefficient (Wildman–Crippen LogP) is 3.69. The third-order valence-electron chi connectivity index (χ3n) is 3.01. The first-order valence-electron chi connectivity index (χ1n) is 6.43. The zero-order valence-electron chi connectivity index (χ0n) is 11.6. The number of aromatic nitrogens is 2. The van der Waals surface area contributed by atoms with Crippen molar-refractivity contribution in [2.45, 2.75) is 20.4 Å². The first-order valence-corrected chi connectivity index (χ1v) is 8.12. The van der Waals surface area contributed by atoms with Crippen LogP contribution in [0.5, 0.6) is 0 Å². The Balaban J connectivity index is 1.64. The lowest BCUT2D eigenvalue weighted by Crippen LogP contribution is -2.28. The number of carbonyl (C=O) groups is 1. The van der Waals surface area contributed by atoms with Crippen LogP contribution in [0, 0.1) is 13.8 Å². The summed E-state index contributed by atoms with van der Waals surface area (Å²) < 4.78 is 1.07. The lowest BCUT2D eigenvalue weighted by Gasteiger charge is -2.07. The van der Waals surface area contributed by atoms with Crippen LogP contribution in [0.3, 0.4) is 0 Å². The summed E-state index contributed by atoms with van der Waals surface area (Å²) in [4.78, 5) is 21.5. The minimum atomic E-state index is -0.219. The van der Waals surface area contributed by atoms with E-state index in [0.29, 0.717) is 6.54 Å². The molecule has 2 heterocycles. The van der Waals surface area contributed by atoms with Crippen LogP contribution in [0.2, 0.25) is 0 Å². The highest BCUT2D eigenvalue weighted by molar-refractivity contribution is 7.18. The molecule has 0 saturated heterocycles. The second-order valence-electron chi connectivity index (χ2n) is 4.58. The fraction of sp³-hybridized carbons (Fsp3) is 0.214. The highest BCUT2D eigenvalue weighted by atomic mass is 32.1. The number of hydrogen-bond donors (Lipinski definition) is 2. The average Bonchev–Trinajstić information content (AvgIpc) is 3.00. The van der Waals surface area contributed by atoms with Gasteiger partial charge >= 0.3 is 6.03 Å². The molecule has 0 aliphatic rings. The molecule has 21 heavy (non-hydrogen) atoms. The summed E-state index contributed by atoms with van der Waals surface area (Å²) in [5.41, 5.74) is 4.47. The van der Waals surface area contributed by atoms with Crippen LogP contribution >= 0.6 is 22.7 Å². The average molecular weight is 318 g/mol. The highest BCUT2D eigenvalue weighted by Gasteiger charge is 2.07. The predicted molar refractivity (Wildman–Crippen MR) is 87.1 cm³/mol. The van der Waals surface area contributed by atoms with Crippen molar-refractivity contribution in [1.82, 2.24) is 15.3 Å². The molecule has 2 aromatic heterocycles. The topological polar surface area (TPSA) is 66.9 Å². The van der Waals surface area contributed by atoms with Crippen molar-refractivity contribution >= 4 is 44.6 Å². The largest absolute Gasteiger partial charge is 0.333 e. The molecule has 5 nitrogen and oxygen atoms in total. The van der Waals surface area contributed by atoms with E-state index in [2.05, 4.69) is 20.6 Å². The van der Waals surface area contributed by atoms with Gasteiger partial charge in [0.25, 0.3) is 0 Å². The lowest BCUT2D eigenvalue weighted by atomic mass is 10.3. The van der Waals surface area contributed by atoms with Crippen molar-refractivity contribution in [2.24, 2.45) is 0 Å². The minimum absolute atomic E-state index is 0.219. The van der Waals surface area contributed by atoms with Gasteiger partial charge in [-0.05, 0) is 32.0 Å². The molecule has 3 aromatic rings. The number of nitrogens with zero attached hydrogens (tertiary/aromatic N) is 2. The molecule has 0 spiro atoms. The molecule has 0 fully saturated rings. The Hall–Kier alpha value is -1.99. The summed E-state index contributed by atoms with van der Waals surface area (Å²) in [6, 6.07) is 5.50. The fourth-order valence-corrected chi connectivity index (χ4v) is 3.53. The summed E-state index contributed by atoms with van der Waals surface area (Å²) in [7, 11) is 0. The van der Waals surface area contributed by atoms with E-state index in [4.69, 9.17) is 0 Å². The summed E-state index contributed by atoms with van der Waals surface area (Å²) in [6.07, 6.45) is 0. The normalized spacial score (nSPS) is 10.8. The number of anilines is 1. The Morgan fingerprint density at radius 1 is 1.33 bits per heavy atom. The summed E-state index contributed by atoms with van der Waals surface area (Å²) in [5.74, 6) is 0. The quantitative estimate of drug-likeness (QED) is 0.774. The van der Waals surface area contributed by atoms with Gasteiger partial charge in [0, 0.05) is 10.6 Å². The molecule has 3 rings (SSSR count). The van der Waals surface area contributed by atoms with Gasteiger partial charge in [-0.1, -0.05) is 0 Å². The van der Waals surface area contributed by atoms with Crippen LogP contribution in [0.15, 0.2) is 23.7 Å². The molecule has 0 atom stereocenters. The zero-order chi connectivity index (χ0) is 14.8. The van der Waals surface area contributed by atoms with Gasteiger partial charge in [-0.15, -0.1) is 22.7 Å². The van der Waals surface area contributed by atoms with E-state index in [9.17, 15) is 4.79 Å². The van der Waals surface area contributed by atoms with Crippen LogP contribution in [0.1, 0.15) is 15.6 Å². The van der Waals surface area contributed by atoms with Gasteiger partial charge in [0.05, 0.1) is 33.0 Å². The smallest absolute Gasteiger partial charge is 0.319 e. The summed E-state index contributed by atoms with van der Waals surface area (Å²) in [5, 5.41) is 6.69. The number of hydrogen-bond acceptors (Lipinski definition) is 5. The number of carbonyl (C=O) groups excluding carboxylic acids is 1. The van der Waals surface area contributed by atoms with Gasteiger partial charge in [0.15, 0.2) is 0 Å². The van der Waals surface area contributed by atoms with Crippen molar-refractivity contribution in [1.29, 1.82) is 0 Å². The van der Waals surface area contributed by atoms with E-state index in [1.165, 1.54) is 0 Å². The second-order valence-corrected chi connectivity index (χ2v) is 6.76.